The van der Waals surface area contributed by atoms with Crippen molar-refractivity contribution < 1.29 is 18.0 Å². The average Bonchev–Trinajstić information content (AvgIpc) is 3.21. The third kappa shape index (κ3) is 4.66. The highest BCUT2D eigenvalue weighted by atomic mass is 19.4. The second kappa shape index (κ2) is 8.58. The van der Waals surface area contributed by atoms with Gasteiger partial charge in [-0.3, -0.25) is 14.1 Å². The Morgan fingerprint density at radius 2 is 1.81 bits per heavy atom. The van der Waals surface area contributed by atoms with E-state index in [2.05, 4.69) is 15.2 Å². The van der Waals surface area contributed by atoms with E-state index in [4.69, 9.17) is 5.73 Å². The number of alkyl halides is 3. The zero-order chi connectivity index (χ0) is 22.0. The summed E-state index contributed by atoms with van der Waals surface area (Å²) in [6.45, 7) is 2.19. The number of nitrogen functional groups attached to an aromatic ring is 1. The number of carbonyl (C=O) groups is 1. The van der Waals surface area contributed by atoms with Gasteiger partial charge in [0.2, 0.25) is 0 Å². The fourth-order valence-corrected chi connectivity index (χ4v) is 4.02. The first kappa shape index (κ1) is 21.2. The molecule has 1 aromatic carbocycles. The van der Waals surface area contributed by atoms with Crippen molar-refractivity contribution in [2.75, 3.05) is 25.4 Å². The number of hydrogen-bond donors (Lipinski definition) is 2. The third-order valence-corrected chi connectivity index (χ3v) is 5.62. The fourth-order valence-electron chi connectivity index (χ4n) is 4.02. The van der Waals surface area contributed by atoms with Crippen molar-refractivity contribution in [3.05, 3.63) is 65.6 Å². The van der Waals surface area contributed by atoms with E-state index in [0.29, 0.717) is 12.2 Å². The number of nitrogens with one attached hydrogen (secondary N) is 1. The lowest BCUT2D eigenvalue weighted by molar-refractivity contribution is -0.140. The number of aromatic nitrogens is 2. The summed E-state index contributed by atoms with van der Waals surface area (Å²) >= 11 is 0. The Morgan fingerprint density at radius 3 is 2.48 bits per heavy atom. The largest absolute Gasteiger partial charge is 0.434 e. The molecule has 164 valence electrons. The first-order valence-corrected chi connectivity index (χ1v) is 10.3. The minimum absolute atomic E-state index is 0.0439. The van der Waals surface area contributed by atoms with Gasteiger partial charge in [0.05, 0.1) is 6.04 Å². The quantitative estimate of drug-likeness (QED) is 0.601. The molecule has 2 aromatic heterocycles. The van der Waals surface area contributed by atoms with Crippen molar-refractivity contribution in [3.8, 4) is 0 Å². The summed E-state index contributed by atoms with van der Waals surface area (Å²) in [5.41, 5.74) is 6.67. The molecule has 0 radical (unpaired) electrons. The molecule has 1 amide bonds. The van der Waals surface area contributed by atoms with Crippen LogP contribution in [-0.2, 0) is 6.18 Å². The van der Waals surface area contributed by atoms with Crippen LogP contribution in [0.3, 0.4) is 0 Å². The van der Waals surface area contributed by atoms with Gasteiger partial charge in [-0.15, -0.1) is 0 Å². The number of hydrogen-bond acceptors (Lipinski definition) is 4. The Balaban J connectivity index is 1.56. The Morgan fingerprint density at radius 1 is 1.10 bits per heavy atom. The van der Waals surface area contributed by atoms with Crippen LogP contribution in [0.2, 0.25) is 0 Å². The molecular formula is C22H24F3N5O. The van der Waals surface area contributed by atoms with E-state index in [1.165, 1.54) is 29.0 Å². The van der Waals surface area contributed by atoms with Crippen LogP contribution in [-0.4, -0.2) is 39.8 Å². The van der Waals surface area contributed by atoms with Crippen LogP contribution in [0.5, 0.6) is 0 Å². The highest BCUT2D eigenvalue weighted by Gasteiger charge is 2.34. The summed E-state index contributed by atoms with van der Waals surface area (Å²) in [6, 6.07) is 12.0. The molecule has 0 aliphatic carbocycles. The molecule has 3 N–H and O–H groups in total. The van der Waals surface area contributed by atoms with Gasteiger partial charge in [-0.25, -0.2) is 4.98 Å². The lowest BCUT2D eigenvalue weighted by Crippen LogP contribution is -2.41. The number of likely N-dealkylation sites (tertiary alicyclic amines) is 1. The van der Waals surface area contributed by atoms with E-state index in [9.17, 15) is 18.0 Å². The van der Waals surface area contributed by atoms with Crippen LogP contribution >= 0.6 is 0 Å². The van der Waals surface area contributed by atoms with Crippen molar-refractivity contribution in [2.45, 2.75) is 31.5 Å². The molecule has 1 fully saturated rings. The van der Waals surface area contributed by atoms with Gasteiger partial charge in [-0.2, -0.15) is 13.2 Å². The van der Waals surface area contributed by atoms with Crippen LogP contribution in [0.4, 0.5) is 18.9 Å². The molecule has 31 heavy (non-hydrogen) atoms. The molecule has 0 saturated carbocycles. The highest BCUT2D eigenvalue weighted by molar-refractivity contribution is 5.93. The summed E-state index contributed by atoms with van der Waals surface area (Å²) in [6.07, 6.45) is -0.357. The van der Waals surface area contributed by atoms with Gasteiger partial charge >= 0.3 is 6.18 Å². The van der Waals surface area contributed by atoms with Crippen molar-refractivity contribution in [3.63, 3.8) is 0 Å². The van der Waals surface area contributed by atoms with Crippen LogP contribution in [0.1, 0.15) is 47.1 Å². The Labute approximate surface area is 177 Å². The smallest absolute Gasteiger partial charge is 0.399 e. The highest BCUT2D eigenvalue weighted by Crippen LogP contribution is 2.29. The molecule has 1 atom stereocenters. The average molecular weight is 431 g/mol. The molecule has 6 nitrogen and oxygen atoms in total. The molecule has 1 saturated heterocycles. The van der Waals surface area contributed by atoms with Gasteiger partial charge in [0, 0.05) is 18.4 Å². The van der Waals surface area contributed by atoms with Gasteiger partial charge in [-0.05, 0) is 55.8 Å². The third-order valence-electron chi connectivity index (χ3n) is 5.62. The van der Waals surface area contributed by atoms with Gasteiger partial charge in [0.1, 0.15) is 11.3 Å². The number of halogens is 3. The summed E-state index contributed by atoms with van der Waals surface area (Å²) in [5.74, 6) is -0.450. The van der Waals surface area contributed by atoms with E-state index in [1.54, 1.807) is 0 Å². The van der Waals surface area contributed by atoms with Gasteiger partial charge < -0.3 is 11.1 Å². The number of pyridine rings is 1. The number of nitrogens with zero attached hydrogens (tertiary/aromatic N) is 3. The van der Waals surface area contributed by atoms with E-state index >= 15 is 0 Å². The van der Waals surface area contributed by atoms with Crippen molar-refractivity contribution in [1.82, 2.24) is 19.6 Å². The molecule has 1 aliphatic heterocycles. The number of carbonyl (C=O) groups excluding carboxylic acids is 1. The standard InChI is InChI=1S/C22H24F3N5O/c23-22(24,25)19-14-30-17(5-4-6-20(30)28-19)21(31)27-13-18(29-11-2-1-3-12-29)15-7-9-16(26)10-8-15/h4-10,14,18H,1-3,11-13,26H2,(H,27,31). The van der Waals surface area contributed by atoms with E-state index in [0.717, 1.165) is 37.7 Å². The second-order valence-electron chi connectivity index (χ2n) is 7.75. The molecule has 1 aliphatic rings. The fraction of sp³-hybridized carbons (Fsp3) is 0.364. The normalized spacial score (nSPS) is 16.4. The molecular weight excluding hydrogens is 407 g/mol. The van der Waals surface area contributed by atoms with E-state index < -0.39 is 17.8 Å². The SMILES string of the molecule is Nc1ccc(C(CNC(=O)c2cccc3nc(C(F)(F)F)cn23)N2CCCCC2)cc1. The maximum atomic E-state index is 13.0. The summed E-state index contributed by atoms with van der Waals surface area (Å²) in [7, 11) is 0. The molecule has 1 unspecified atom stereocenters. The number of amides is 1. The summed E-state index contributed by atoms with van der Waals surface area (Å²) < 4.78 is 40.3. The number of nitrogens with two attached hydrogens (primary N) is 1. The Bertz CT molecular complexity index is 1060. The van der Waals surface area contributed by atoms with Crippen LogP contribution in [0.15, 0.2) is 48.7 Å². The Hall–Kier alpha value is -3.07. The van der Waals surface area contributed by atoms with E-state index in [1.807, 2.05) is 24.3 Å². The van der Waals surface area contributed by atoms with Gasteiger partial charge in [-0.1, -0.05) is 24.6 Å². The Kier molecular flexibility index (Phi) is 5.86. The maximum Gasteiger partial charge on any atom is 0.434 e. The number of piperidine rings is 1. The predicted molar refractivity (Wildman–Crippen MR) is 112 cm³/mol. The number of imidazole rings is 1. The minimum Gasteiger partial charge on any atom is -0.399 e. The molecule has 0 spiro atoms. The predicted octanol–water partition coefficient (Wildman–Crippen LogP) is 3.89. The molecule has 0 bridgehead atoms. The van der Waals surface area contributed by atoms with Gasteiger partial charge in [0.15, 0.2) is 5.69 Å². The minimum atomic E-state index is -4.58. The second-order valence-corrected chi connectivity index (χ2v) is 7.75. The molecule has 4 rings (SSSR count). The zero-order valence-corrected chi connectivity index (χ0v) is 16.9. The topological polar surface area (TPSA) is 75.7 Å². The first-order chi connectivity index (χ1) is 14.8. The maximum absolute atomic E-state index is 13.0. The lowest BCUT2D eigenvalue weighted by atomic mass is 10.0. The van der Waals surface area contributed by atoms with E-state index in [-0.39, 0.29) is 17.4 Å². The number of rotatable bonds is 5. The number of benzene rings is 1. The van der Waals surface area contributed by atoms with Crippen LogP contribution < -0.4 is 11.1 Å². The van der Waals surface area contributed by atoms with Crippen molar-refractivity contribution >= 4 is 17.2 Å². The number of fused-ring (bicyclic) bond motifs is 1. The van der Waals surface area contributed by atoms with Crippen LogP contribution in [0, 0.1) is 0 Å². The molecule has 9 heteroatoms. The summed E-state index contributed by atoms with van der Waals surface area (Å²) in [4.78, 5) is 18.8. The monoisotopic (exact) mass is 431 g/mol. The zero-order valence-electron chi connectivity index (χ0n) is 16.9. The van der Waals surface area contributed by atoms with Crippen molar-refractivity contribution in [1.29, 1.82) is 0 Å². The van der Waals surface area contributed by atoms with Gasteiger partial charge in [0.25, 0.3) is 5.91 Å². The lowest BCUT2D eigenvalue weighted by Gasteiger charge is -2.35. The first-order valence-electron chi connectivity index (χ1n) is 10.3. The van der Waals surface area contributed by atoms with Crippen molar-refractivity contribution in [2.24, 2.45) is 0 Å². The summed E-state index contributed by atoms with van der Waals surface area (Å²) in [5, 5.41) is 2.91. The molecule has 3 heterocycles. The van der Waals surface area contributed by atoms with Crippen LogP contribution in [0.25, 0.3) is 5.65 Å². The molecule has 3 aromatic rings. The number of anilines is 1.